The second-order valence-corrected chi connectivity index (χ2v) is 6.85. The normalized spacial score (nSPS) is 25.1. The zero-order valence-corrected chi connectivity index (χ0v) is 13.5. The summed E-state index contributed by atoms with van der Waals surface area (Å²) in [6, 6.07) is 7.92. The van der Waals surface area contributed by atoms with Gasteiger partial charge in [-0.1, -0.05) is 12.1 Å². The van der Waals surface area contributed by atoms with Crippen molar-refractivity contribution in [3.63, 3.8) is 0 Å². The Morgan fingerprint density at radius 2 is 2.13 bits per heavy atom. The first-order chi connectivity index (χ1) is 11.1. The monoisotopic (exact) mass is 313 g/mol. The van der Waals surface area contributed by atoms with Crippen LogP contribution in [0.1, 0.15) is 25.1 Å². The van der Waals surface area contributed by atoms with Gasteiger partial charge < -0.3 is 9.84 Å². The second kappa shape index (κ2) is 5.73. The van der Waals surface area contributed by atoms with Gasteiger partial charge >= 0.3 is 0 Å². The Balaban J connectivity index is 1.38. The summed E-state index contributed by atoms with van der Waals surface area (Å²) in [7, 11) is 0. The first-order valence-electron chi connectivity index (χ1n) is 8.45. The van der Waals surface area contributed by atoms with Crippen molar-refractivity contribution in [2.24, 2.45) is 5.92 Å². The quantitative estimate of drug-likeness (QED) is 0.917. The molecule has 2 heterocycles. The average Bonchev–Trinajstić information content (AvgIpc) is 3.32. The molecule has 1 aliphatic heterocycles. The average molecular weight is 313 g/mol. The van der Waals surface area contributed by atoms with Crippen LogP contribution >= 0.6 is 0 Å². The van der Waals surface area contributed by atoms with Gasteiger partial charge in [-0.25, -0.2) is 4.98 Å². The van der Waals surface area contributed by atoms with Crippen molar-refractivity contribution in [2.45, 2.75) is 31.8 Å². The highest BCUT2D eigenvalue weighted by molar-refractivity contribution is 5.83. The Hall–Kier alpha value is -1.72. The number of ether oxygens (including phenoxy) is 1. The number of aliphatic hydroxyl groups is 1. The molecule has 23 heavy (non-hydrogen) atoms. The molecule has 2 fully saturated rings. The maximum Gasteiger partial charge on any atom is 0.224 e. The van der Waals surface area contributed by atoms with Crippen LogP contribution in [0.4, 0.5) is 0 Å². The van der Waals surface area contributed by atoms with Crippen LogP contribution in [0.2, 0.25) is 0 Å². The van der Waals surface area contributed by atoms with E-state index in [9.17, 15) is 5.11 Å². The highest BCUT2D eigenvalue weighted by atomic mass is 16.5. The van der Waals surface area contributed by atoms with E-state index in [4.69, 9.17) is 4.74 Å². The van der Waals surface area contributed by atoms with E-state index in [0.29, 0.717) is 18.4 Å². The van der Waals surface area contributed by atoms with Crippen molar-refractivity contribution < 1.29 is 9.84 Å². The number of hydrogen-bond acceptors (Lipinski definition) is 5. The lowest BCUT2D eigenvalue weighted by molar-refractivity contribution is 0.0259. The standard InChI is InChI=1S/C18H23N3O2/c1-13-19-16-5-3-2-4-15(16)17(20-13)23-11-10-21-9-8-18(22,12-21)14-6-7-14/h2-5,14,22H,6-12H2,1H3. The van der Waals surface area contributed by atoms with Crippen molar-refractivity contribution in [3.05, 3.63) is 30.1 Å². The molecule has 1 aromatic heterocycles. The van der Waals surface area contributed by atoms with Gasteiger partial charge in [-0.15, -0.1) is 0 Å². The number of rotatable bonds is 5. The molecule has 0 bridgehead atoms. The molecule has 0 radical (unpaired) electrons. The Morgan fingerprint density at radius 1 is 1.30 bits per heavy atom. The van der Waals surface area contributed by atoms with Crippen LogP contribution in [0, 0.1) is 12.8 Å². The molecule has 2 aromatic rings. The predicted octanol–water partition coefficient (Wildman–Crippen LogP) is 2.16. The first-order valence-corrected chi connectivity index (χ1v) is 8.45. The van der Waals surface area contributed by atoms with Crippen LogP contribution < -0.4 is 4.74 Å². The van der Waals surface area contributed by atoms with E-state index in [0.717, 1.165) is 42.8 Å². The van der Waals surface area contributed by atoms with Gasteiger partial charge in [-0.2, -0.15) is 4.98 Å². The largest absolute Gasteiger partial charge is 0.476 e. The summed E-state index contributed by atoms with van der Waals surface area (Å²) < 4.78 is 5.93. The van der Waals surface area contributed by atoms with E-state index in [2.05, 4.69) is 14.9 Å². The molecule has 5 heteroatoms. The number of hydrogen-bond donors (Lipinski definition) is 1. The molecule has 0 amide bonds. The third-order valence-electron chi connectivity index (χ3n) is 5.02. The molecule has 4 rings (SSSR count). The van der Waals surface area contributed by atoms with E-state index in [1.165, 1.54) is 12.8 Å². The number of aromatic nitrogens is 2. The van der Waals surface area contributed by atoms with Crippen LogP contribution in [-0.4, -0.2) is 51.8 Å². The van der Waals surface area contributed by atoms with E-state index in [1.54, 1.807) is 0 Å². The summed E-state index contributed by atoms with van der Waals surface area (Å²) in [5.41, 5.74) is 0.470. The van der Waals surface area contributed by atoms with Crippen LogP contribution in [0.15, 0.2) is 24.3 Å². The van der Waals surface area contributed by atoms with Crippen molar-refractivity contribution in [3.8, 4) is 5.88 Å². The SMILES string of the molecule is Cc1nc(OCCN2CCC(O)(C3CC3)C2)c2ccccc2n1. The van der Waals surface area contributed by atoms with E-state index < -0.39 is 5.60 Å². The summed E-state index contributed by atoms with van der Waals surface area (Å²) in [4.78, 5) is 11.2. The third kappa shape index (κ3) is 3.03. The summed E-state index contributed by atoms with van der Waals surface area (Å²) in [5.74, 6) is 1.91. The lowest BCUT2D eigenvalue weighted by atomic mass is 9.97. The number of benzene rings is 1. The Labute approximate surface area is 136 Å². The lowest BCUT2D eigenvalue weighted by Crippen LogP contribution is -2.36. The van der Waals surface area contributed by atoms with E-state index >= 15 is 0 Å². The zero-order chi connectivity index (χ0) is 15.9. The van der Waals surface area contributed by atoms with E-state index in [1.807, 2.05) is 31.2 Å². The number of nitrogens with zero attached hydrogens (tertiary/aromatic N) is 3. The van der Waals surface area contributed by atoms with Gasteiger partial charge in [0.15, 0.2) is 0 Å². The van der Waals surface area contributed by atoms with Gasteiger partial charge in [0.1, 0.15) is 12.4 Å². The molecule has 0 spiro atoms. The molecule has 122 valence electrons. The second-order valence-electron chi connectivity index (χ2n) is 6.85. The molecule has 1 aromatic carbocycles. The van der Waals surface area contributed by atoms with Gasteiger partial charge in [0.25, 0.3) is 0 Å². The number of β-amino-alcohol motifs (C(OH)–C–C–N with tert-alkyl or cyclic N) is 1. The molecule has 1 unspecified atom stereocenters. The molecule has 5 nitrogen and oxygen atoms in total. The minimum Gasteiger partial charge on any atom is -0.476 e. The maximum atomic E-state index is 10.6. The van der Waals surface area contributed by atoms with E-state index in [-0.39, 0.29) is 0 Å². The Kier molecular flexibility index (Phi) is 3.70. The summed E-state index contributed by atoms with van der Waals surface area (Å²) in [6.45, 7) is 5.04. The smallest absolute Gasteiger partial charge is 0.224 e. The molecule has 1 saturated carbocycles. The highest BCUT2D eigenvalue weighted by Crippen LogP contribution is 2.44. The fourth-order valence-corrected chi connectivity index (χ4v) is 3.58. The number of para-hydroxylation sites is 1. The summed E-state index contributed by atoms with van der Waals surface area (Å²) in [5, 5.41) is 11.5. The van der Waals surface area contributed by atoms with Gasteiger partial charge in [0, 0.05) is 19.6 Å². The van der Waals surface area contributed by atoms with Gasteiger partial charge in [-0.05, 0) is 44.2 Å². The molecular formula is C18H23N3O2. The molecule has 1 N–H and O–H groups in total. The first kappa shape index (κ1) is 14.8. The summed E-state index contributed by atoms with van der Waals surface area (Å²) in [6.07, 6.45) is 3.27. The predicted molar refractivity (Wildman–Crippen MR) is 88.5 cm³/mol. The fraction of sp³-hybridized carbons (Fsp3) is 0.556. The molecule has 1 atom stereocenters. The van der Waals surface area contributed by atoms with Gasteiger partial charge in [0.2, 0.25) is 5.88 Å². The minimum atomic E-state index is -0.446. The Bertz CT molecular complexity index is 716. The lowest BCUT2D eigenvalue weighted by Gasteiger charge is -2.23. The van der Waals surface area contributed by atoms with Crippen LogP contribution in [0.3, 0.4) is 0 Å². The zero-order valence-electron chi connectivity index (χ0n) is 13.5. The molecular weight excluding hydrogens is 290 g/mol. The van der Waals surface area contributed by atoms with Crippen LogP contribution in [-0.2, 0) is 0 Å². The highest BCUT2D eigenvalue weighted by Gasteiger charge is 2.47. The Morgan fingerprint density at radius 3 is 2.96 bits per heavy atom. The van der Waals surface area contributed by atoms with Crippen molar-refractivity contribution in [1.29, 1.82) is 0 Å². The van der Waals surface area contributed by atoms with Crippen molar-refractivity contribution in [1.82, 2.24) is 14.9 Å². The van der Waals surface area contributed by atoms with Crippen LogP contribution in [0.5, 0.6) is 5.88 Å². The molecule has 2 aliphatic rings. The number of fused-ring (bicyclic) bond motifs is 1. The van der Waals surface area contributed by atoms with Crippen LogP contribution in [0.25, 0.3) is 10.9 Å². The number of likely N-dealkylation sites (tertiary alicyclic amines) is 1. The van der Waals surface area contributed by atoms with Gasteiger partial charge in [0.05, 0.1) is 16.5 Å². The maximum absolute atomic E-state index is 10.6. The number of aryl methyl sites for hydroxylation is 1. The third-order valence-corrected chi connectivity index (χ3v) is 5.02. The fourth-order valence-electron chi connectivity index (χ4n) is 3.58. The van der Waals surface area contributed by atoms with Gasteiger partial charge in [-0.3, -0.25) is 4.90 Å². The molecule has 1 saturated heterocycles. The van der Waals surface area contributed by atoms with Crippen molar-refractivity contribution >= 4 is 10.9 Å². The van der Waals surface area contributed by atoms with Crippen molar-refractivity contribution in [2.75, 3.05) is 26.2 Å². The minimum absolute atomic E-state index is 0.446. The summed E-state index contributed by atoms with van der Waals surface area (Å²) >= 11 is 0. The molecule has 1 aliphatic carbocycles. The topological polar surface area (TPSA) is 58.5 Å².